The van der Waals surface area contributed by atoms with Crippen molar-refractivity contribution in [2.75, 3.05) is 5.73 Å². The number of carboxylic acid groups (broad SMARTS) is 1. The first kappa shape index (κ1) is 7.60. The zero-order chi connectivity index (χ0) is 9.42. The number of benzene rings is 1. The quantitative estimate of drug-likeness (QED) is 0.682. The number of carbonyl (C=O) groups is 1. The van der Waals surface area contributed by atoms with Crippen molar-refractivity contribution in [1.29, 1.82) is 0 Å². The third-order valence-electron chi connectivity index (χ3n) is 1.65. The van der Waals surface area contributed by atoms with Crippen LogP contribution in [0.1, 0.15) is 10.4 Å². The first-order chi connectivity index (χ1) is 6.16. The summed E-state index contributed by atoms with van der Waals surface area (Å²) in [6.45, 7) is 0. The number of hydrogen-bond acceptors (Lipinski definition) is 4. The van der Waals surface area contributed by atoms with Crippen LogP contribution in [-0.4, -0.2) is 16.1 Å². The minimum absolute atomic E-state index is 0.0394. The molecule has 0 bridgehead atoms. The van der Waals surface area contributed by atoms with E-state index < -0.39 is 5.97 Å². The summed E-state index contributed by atoms with van der Waals surface area (Å²) in [4.78, 5) is 14.4. The Balaban J connectivity index is 2.67. The van der Waals surface area contributed by atoms with Crippen molar-refractivity contribution in [1.82, 2.24) is 4.98 Å². The molecule has 0 amide bonds. The molecule has 13 heavy (non-hydrogen) atoms. The molecule has 1 heterocycles. The summed E-state index contributed by atoms with van der Waals surface area (Å²) in [5.41, 5.74) is 6.40. The fraction of sp³-hybridized carbons (Fsp3) is 0. The van der Waals surface area contributed by atoms with Crippen LogP contribution in [-0.2, 0) is 0 Å². The van der Waals surface area contributed by atoms with Gasteiger partial charge in [-0.1, -0.05) is 0 Å². The van der Waals surface area contributed by atoms with Gasteiger partial charge in [-0.3, -0.25) is 0 Å². The van der Waals surface area contributed by atoms with Gasteiger partial charge in [0.2, 0.25) is 0 Å². The van der Waals surface area contributed by atoms with E-state index >= 15 is 0 Å². The lowest BCUT2D eigenvalue weighted by molar-refractivity contribution is 0.0697. The lowest BCUT2D eigenvalue weighted by atomic mass is 10.2. The number of carboxylic acids is 1. The molecule has 0 aliphatic rings. The van der Waals surface area contributed by atoms with Crippen molar-refractivity contribution >= 4 is 23.1 Å². The summed E-state index contributed by atoms with van der Waals surface area (Å²) in [5, 5.41) is 8.66. The molecule has 0 saturated heterocycles. The molecule has 0 fully saturated rings. The van der Waals surface area contributed by atoms with E-state index in [-0.39, 0.29) is 11.6 Å². The largest absolute Gasteiger partial charge is 0.478 e. The van der Waals surface area contributed by atoms with Crippen LogP contribution in [0.2, 0.25) is 0 Å². The Kier molecular flexibility index (Phi) is 1.45. The molecule has 0 radical (unpaired) electrons. The Morgan fingerprint density at radius 1 is 1.54 bits per heavy atom. The average Bonchev–Trinajstić information content (AvgIpc) is 2.42. The fourth-order valence-corrected chi connectivity index (χ4v) is 1.08. The molecular formula is C8H6N2O3. The van der Waals surface area contributed by atoms with Crippen LogP contribution in [0.5, 0.6) is 0 Å². The Bertz CT molecular complexity index is 475. The van der Waals surface area contributed by atoms with Crippen LogP contribution in [0.25, 0.3) is 11.1 Å². The van der Waals surface area contributed by atoms with Crippen LogP contribution < -0.4 is 5.73 Å². The zero-order valence-electron chi connectivity index (χ0n) is 6.52. The van der Waals surface area contributed by atoms with Gasteiger partial charge in [0.25, 0.3) is 6.01 Å². The van der Waals surface area contributed by atoms with Gasteiger partial charge in [0.1, 0.15) is 5.52 Å². The van der Waals surface area contributed by atoms with Gasteiger partial charge >= 0.3 is 5.97 Å². The maximum Gasteiger partial charge on any atom is 0.335 e. The van der Waals surface area contributed by atoms with Crippen molar-refractivity contribution < 1.29 is 14.3 Å². The molecule has 2 aromatic rings. The highest BCUT2D eigenvalue weighted by molar-refractivity contribution is 5.92. The second-order valence-corrected chi connectivity index (χ2v) is 2.54. The number of nitrogen functional groups attached to an aromatic ring is 1. The highest BCUT2D eigenvalue weighted by Crippen LogP contribution is 2.17. The van der Waals surface area contributed by atoms with Gasteiger partial charge in [0.15, 0.2) is 5.58 Å². The number of anilines is 1. The smallest absolute Gasteiger partial charge is 0.335 e. The number of fused-ring (bicyclic) bond motifs is 1. The van der Waals surface area contributed by atoms with E-state index in [1.54, 1.807) is 0 Å². The molecule has 5 nitrogen and oxygen atoms in total. The summed E-state index contributed by atoms with van der Waals surface area (Å²) >= 11 is 0. The predicted octanol–water partition coefficient (Wildman–Crippen LogP) is 1.11. The molecule has 2 rings (SSSR count). The summed E-state index contributed by atoms with van der Waals surface area (Å²) in [6.07, 6.45) is 0. The van der Waals surface area contributed by atoms with E-state index in [0.717, 1.165) is 0 Å². The fourth-order valence-electron chi connectivity index (χ4n) is 1.08. The maximum atomic E-state index is 10.6. The van der Waals surface area contributed by atoms with Crippen molar-refractivity contribution in [2.24, 2.45) is 0 Å². The molecule has 1 aromatic carbocycles. The number of oxazole rings is 1. The molecule has 0 aliphatic carbocycles. The number of aromatic carboxylic acids is 1. The summed E-state index contributed by atoms with van der Waals surface area (Å²) in [5.74, 6) is -0.997. The summed E-state index contributed by atoms with van der Waals surface area (Å²) in [6, 6.07) is 4.42. The van der Waals surface area contributed by atoms with Crippen LogP contribution in [0, 0.1) is 0 Å². The topological polar surface area (TPSA) is 89.3 Å². The second kappa shape index (κ2) is 2.48. The molecule has 0 spiro atoms. The third-order valence-corrected chi connectivity index (χ3v) is 1.65. The van der Waals surface area contributed by atoms with Crippen LogP contribution in [0.3, 0.4) is 0 Å². The Morgan fingerprint density at radius 3 is 3.00 bits per heavy atom. The van der Waals surface area contributed by atoms with E-state index in [4.69, 9.17) is 15.3 Å². The highest BCUT2D eigenvalue weighted by atomic mass is 16.4. The van der Waals surface area contributed by atoms with Crippen molar-refractivity contribution in [3.8, 4) is 0 Å². The van der Waals surface area contributed by atoms with Gasteiger partial charge < -0.3 is 15.3 Å². The molecule has 0 saturated carbocycles. The molecule has 0 unspecified atom stereocenters. The molecular weight excluding hydrogens is 172 g/mol. The summed E-state index contributed by atoms with van der Waals surface area (Å²) in [7, 11) is 0. The minimum atomic E-state index is -0.997. The Hall–Kier alpha value is -2.04. The van der Waals surface area contributed by atoms with E-state index in [9.17, 15) is 4.79 Å². The number of rotatable bonds is 1. The maximum absolute atomic E-state index is 10.6. The van der Waals surface area contributed by atoms with Crippen molar-refractivity contribution in [3.05, 3.63) is 23.8 Å². The zero-order valence-corrected chi connectivity index (χ0v) is 6.52. The number of nitrogens with zero attached hydrogens (tertiary/aromatic N) is 1. The molecule has 1 aromatic heterocycles. The van der Waals surface area contributed by atoms with Gasteiger partial charge in [0, 0.05) is 0 Å². The average molecular weight is 178 g/mol. The highest BCUT2D eigenvalue weighted by Gasteiger charge is 2.07. The number of aromatic nitrogens is 1. The summed E-state index contributed by atoms with van der Waals surface area (Å²) < 4.78 is 4.98. The molecule has 0 aliphatic heterocycles. The molecule has 0 atom stereocenters. The van der Waals surface area contributed by atoms with Gasteiger partial charge in [-0.2, -0.15) is 4.98 Å². The van der Waals surface area contributed by atoms with E-state index in [1.165, 1.54) is 18.2 Å². The van der Waals surface area contributed by atoms with Gasteiger partial charge in [0.05, 0.1) is 5.56 Å². The molecule has 66 valence electrons. The first-order valence-electron chi connectivity index (χ1n) is 3.56. The van der Waals surface area contributed by atoms with Gasteiger partial charge in [-0.05, 0) is 18.2 Å². The van der Waals surface area contributed by atoms with Crippen LogP contribution in [0.4, 0.5) is 6.01 Å². The van der Waals surface area contributed by atoms with E-state index in [1.807, 2.05) is 0 Å². The van der Waals surface area contributed by atoms with Crippen LogP contribution in [0.15, 0.2) is 22.6 Å². The van der Waals surface area contributed by atoms with Crippen molar-refractivity contribution in [2.45, 2.75) is 0 Å². The monoisotopic (exact) mass is 178 g/mol. The van der Waals surface area contributed by atoms with Crippen molar-refractivity contribution in [3.63, 3.8) is 0 Å². The lowest BCUT2D eigenvalue weighted by Gasteiger charge is -1.90. The van der Waals surface area contributed by atoms with E-state index in [0.29, 0.717) is 11.1 Å². The number of hydrogen-bond donors (Lipinski definition) is 2. The van der Waals surface area contributed by atoms with Crippen LogP contribution >= 0.6 is 0 Å². The van der Waals surface area contributed by atoms with Gasteiger partial charge in [-0.25, -0.2) is 4.79 Å². The SMILES string of the molecule is Nc1nc2cc(C(=O)O)ccc2o1. The second-order valence-electron chi connectivity index (χ2n) is 2.54. The minimum Gasteiger partial charge on any atom is -0.478 e. The molecule has 5 heteroatoms. The number of nitrogens with two attached hydrogens (primary N) is 1. The Morgan fingerprint density at radius 2 is 2.31 bits per heavy atom. The predicted molar refractivity (Wildman–Crippen MR) is 45.4 cm³/mol. The lowest BCUT2D eigenvalue weighted by Crippen LogP contribution is -1.94. The third kappa shape index (κ3) is 1.20. The standard InChI is InChI=1S/C8H6N2O3/c9-8-10-5-3-4(7(11)12)1-2-6(5)13-8/h1-3H,(H2,9,10)(H,11,12). The first-order valence-corrected chi connectivity index (χ1v) is 3.56. The molecule has 3 N–H and O–H groups in total. The van der Waals surface area contributed by atoms with E-state index in [2.05, 4.69) is 4.98 Å². The Labute approximate surface area is 72.8 Å². The normalized spacial score (nSPS) is 10.5. The van der Waals surface area contributed by atoms with Gasteiger partial charge in [-0.15, -0.1) is 0 Å².